The number of nitrogens with zero attached hydrogens (tertiary/aromatic N) is 2. The van der Waals surface area contributed by atoms with Crippen LogP contribution < -0.4 is 4.74 Å². The van der Waals surface area contributed by atoms with Crippen LogP contribution in [0.1, 0.15) is 17.5 Å². The van der Waals surface area contributed by atoms with E-state index in [4.69, 9.17) is 4.74 Å². The van der Waals surface area contributed by atoms with Crippen LogP contribution in [0.4, 0.5) is 0 Å². The summed E-state index contributed by atoms with van der Waals surface area (Å²) >= 11 is 0. The zero-order chi connectivity index (χ0) is 12.1. The lowest BCUT2D eigenvalue weighted by molar-refractivity contribution is 0.171. The molecule has 0 saturated heterocycles. The summed E-state index contributed by atoms with van der Waals surface area (Å²) < 4.78 is 5.02. The standard InChI is InChI=1S/C13H14N2O2/c1-17-13-7-4-6-11(15-13)12(16)9-10-5-2-3-8-14-10/h2-8,12,16H,9H2,1H3. The monoisotopic (exact) mass is 230 g/mol. The quantitative estimate of drug-likeness (QED) is 0.869. The lowest BCUT2D eigenvalue weighted by atomic mass is 10.1. The summed E-state index contributed by atoms with van der Waals surface area (Å²) in [7, 11) is 1.55. The summed E-state index contributed by atoms with van der Waals surface area (Å²) in [5.41, 5.74) is 1.43. The molecular weight excluding hydrogens is 216 g/mol. The van der Waals surface area contributed by atoms with Crippen LogP contribution in [0.5, 0.6) is 5.88 Å². The molecule has 2 aromatic heterocycles. The second kappa shape index (κ2) is 5.41. The molecule has 4 nitrogen and oxygen atoms in total. The summed E-state index contributed by atoms with van der Waals surface area (Å²) in [6, 6.07) is 11.0. The van der Waals surface area contributed by atoms with Crippen molar-refractivity contribution in [1.29, 1.82) is 0 Å². The van der Waals surface area contributed by atoms with Crippen molar-refractivity contribution < 1.29 is 9.84 Å². The maximum atomic E-state index is 10.0. The minimum absolute atomic E-state index is 0.445. The van der Waals surface area contributed by atoms with E-state index in [-0.39, 0.29) is 0 Å². The van der Waals surface area contributed by atoms with Crippen molar-refractivity contribution in [3.8, 4) is 5.88 Å². The van der Waals surface area contributed by atoms with E-state index in [0.717, 1.165) is 5.69 Å². The molecule has 0 aliphatic carbocycles. The van der Waals surface area contributed by atoms with Crippen LogP contribution >= 0.6 is 0 Å². The lowest BCUT2D eigenvalue weighted by Crippen LogP contribution is -2.05. The second-order valence-corrected chi connectivity index (χ2v) is 3.65. The highest BCUT2D eigenvalue weighted by molar-refractivity contribution is 5.18. The maximum Gasteiger partial charge on any atom is 0.213 e. The summed E-state index contributed by atoms with van der Waals surface area (Å²) in [5.74, 6) is 0.502. The van der Waals surface area contributed by atoms with Crippen molar-refractivity contribution in [2.45, 2.75) is 12.5 Å². The van der Waals surface area contributed by atoms with E-state index in [9.17, 15) is 5.11 Å². The average molecular weight is 230 g/mol. The highest BCUT2D eigenvalue weighted by atomic mass is 16.5. The lowest BCUT2D eigenvalue weighted by Gasteiger charge is -2.10. The predicted molar refractivity (Wildman–Crippen MR) is 63.7 cm³/mol. The van der Waals surface area contributed by atoms with Crippen molar-refractivity contribution in [2.75, 3.05) is 7.11 Å². The number of aliphatic hydroxyl groups is 1. The molecule has 0 aromatic carbocycles. The van der Waals surface area contributed by atoms with Crippen LogP contribution in [-0.2, 0) is 6.42 Å². The normalized spacial score (nSPS) is 12.1. The van der Waals surface area contributed by atoms with E-state index in [1.54, 1.807) is 25.4 Å². The Morgan fingerprint density at radius 1 is 1.24 bits per heavy atom. The Morgan fingerprint density at radius 3 is 2.82 bits per heavy atom. The molecule has 0 aliphatic heterocycles. The van der Waals surface area contributed by atoms with Gasteiger partial charge in [-0.2, -0.15) is 0 Å². The Bertz CT molecular complexity index is 474. The minimum Gasteiger partial charge on any atom is -0.481 e. The largest absolute Gasteiger partial charge is 0.481 e. The van der Waals surface area contributed by atoms with Gasteiger partial charge in [-0.3, -0.25) is 4.98 Å². The molecule has 1 atom stereocenters. The Balaban J connectivity index is 2.11. The van der Waals surface area contributed by atoms with Gasteiger partial charge in [0, 0.05) is 24.4 Å². The Labute approximate surface area is 99.9 Å². The zero-order valence-electron chi connectivity index (χ0n) is 9.58. The molecule has 0 saturated carbocycles. The number of aromatic nitrogens is 2. The molecule has 0 aliphatic rings. The van der Waals surface area contributed by atoms with Crippen molar-refractivity contribution in [3.63, 3.8) is 0 Å². The molecule has 1 unspecified atom stereocenters. The molecule has 0 bridgehead atoms. The first-order valence-corrected chi connectivity index (χ1v) is 5.38. The summed E-state index contributed by atoms with van der Waals surface area (Å²) in [5, 5.41) is 10.0. The zero-order valence-corrected chi connectivity index (χ0v) is 9.58. The van der Waals surface area contributed by atoms with Crippen molar-refractivity contribution >= 4 is 0 Å². The van der Waals surface area contributed by atoms with Gasteiger partial charge in [0.2, 0.25) is 5.88 Å². The summed E-state index contributed by atoms with van der Waals surface area (Å²) in [6.45, 7) is 0. The van der Waals surface area contributed by atoms with Crippen LogP contribution in [-0.4, -0.2) is 22.2 Å². The second-order valence-electron chi connectivity index (χ2n) is 3.65. The Morgan fingerprint density at radius 2 is 2.12 bits per heavy atom. The fraction of sp³-hybridized carbons (Fsp3) is 0.231. The fourth-order valence-electron chi connectivity index (χ4n) is 1.55. The van der Waals surface area contributed by atoms with E-state index in [0.29, 0.717) is 18.0 Å². The van der Waals surface area contributed by atoms with Crippen molar-refractivity contribution in [3.05, 3.63) is 54.0 Å². The topological polar surface area (TPSA) is 55.2 Å². The molecule has 17 heavy (non-hydrogen) atoms. The predicted octanol–water partition coefficient (Wildman–Crippen LogP) is 1.76. The highest BCUT2D eigenvalue weighted by Crippen LogP contribution is 2.17. The number of hydrogen-bond donors (Lipinski definition) is 1. The van der Waals surface area contributed by atoms with E-state index in [1.807, 2.05) is 24.3 Å². The molecule has 88 valence electrons. The van der Waals surface area contributed by atoms with Gasteiger partial charge in [-0.15, -0.1) is 0 Å². The third-order valence-electron chi connectivity index (χ3n) is 2.42. The molecule has 0 fully saturated rings. The van der Waals surface area contributed by atoms with Crippen LogP contribution in [0.15, 0.2) is 42.6 Å². The Hall–Kier alpha value is -1.94. The SMILES string of the molecule is COc1cccc(C(O)Cc2ccccn2)n1. The number of pyridine rings is 2. The first-order chi connectivity index (χ1) is 8.29. The molecule has 2 rings (SSSR count). The van der Waals surface area contributed by atoms with Gasteiger partial charge >= 0.3 is 0 Å². The van der Waals surface area contributed by atoms with Crippen molar-refractivity contribution in [1.82, 2.24) is 9.97 Å². The van der Waals surface area contributed by atoms with E-state index in [2.05, 4.69) is 9.97 Å². The maximum absolute atomic E-state index is 10.0. The van der Waals surface area contributed by atoms with Crippen LogP contribution in [0.3, 0.4) is 0 Å². The van der Waals surface area contributed by atoms with Crippen LogP contribution in [0.2, 0.25) is 0 Å². The fourth-order valence-corrected chi connectivity index (χ4v) is 1.55. The van der Waals surface area contributed by atoms with E-state index >= 15 is 0 Å². The molecule has 0 amide bonds. The third-order valence-corrected chi connectivity index (χ3v) is 2.42. The van der Waals surface area contributed by atoms with Gasteiger partial charge in [0.05, 0.1) is 12.8 Å². The number of hydrogen-bond acceptors (Lipinski definition) is 4. The molecular formula is C13H14N2O2. The van der Waals surface area contributed by atoms with Gasteiger partial charge in [0.1, 0.15) is 6.10 Å². The molecule has 4 heteroatoms. The van der Waals surface area contributed by atoms with Gasteiger partial charge in [-0.05, 0) is 18.2 Å². The highest BCUT2D eigenvalue weighted by Gasteiger charge is 2.11. The number of aliphatic hydroxyl groups excluding tert-OH is 1. The van der Waals surface area contributed by atoms with Gasteiger partial charge in [0.25, 0.3) is 0 Å². The number of methoxy groups -OCH3 is 1. The van der Waals surface area contributed by atoms with Gasteiger partial charge < -0.3 is 9.84 Å². The third kappa shape index (κ3) is 3.01. The van der Waals surface area contributed by atoms with Gasteiger partial charge in [0.15, 0.2) is 0 Å². The molecule has 0 radical (unpaired) electrons. The summed E-state index contributed by atoms with van der Waals surface area (Å²) in [4.78, 5) is 8.36. The van der Waals surface area contributed by atoms with Crippen LogP contribution in [0.25, 0.3) is 0 Å². The van der Waals surface area contributed by atoms with Crippen molar-refractivity contribution in [2.24, 2.45) is 0 Å². The molecule has 2 aromatic rings. The first-order valence-electron chi connectivity index (χ1n) is 5.38. The van der Waals surface area contributed by atoms with E-state index in [1.165, 1.54) is 0 Å². The Kier molecular flexibility index (Phi) is 3.67. The van der Waals surface area contributed by atoms with Crippen LogP contribution in [0, 0.1) is 0 Å². The summed E-state index contributed by atoms with van der Waals surface area (Å²) in [6.07, 6.45) is 1.49. The first kappa shape index (κ1) is 11.5. The molecule has 0 spiro atoms. The minimum atomic E-state index is -0.667. The average Bonchev–Trinajstić information content (AvgIpc) is 2.40. The number of rotatable bonds is 4. The molecule has 1 N–H and O–H groups in total. The molecule has 2 heterocycles. The number of ether oxygens (including phenoxy) is 1. The van der Waals surface area contributed by atoms with Gasteiger partial charge in [-0.25, -0.2) is 4.98 Å². The van der Waals surface area contributed by atoms with E-state index < -0.39 is 6.10 Å². The van der Waals surface area contributed by atoms with Gasteiger partial charge in [-0.1, -0.05) is 12.1 Å². The smallest absolute Gasteiger partial charge is 0.213 e.